The number of nitrogens with one attached hydrogen (secondary N) is 2. The van der Waals surface area contributed by atoms with Crippen LogP contribution in [0.5, 0.6) is 0 Å². The molecular formula is C34H40ClN5O3. The van der Waals surface area contributed by atoms with E-state index in [9.17, 15) is 14.4 Å². The van der Waals surface area contributed by atoms with E-state index in [0.29, 0.717) is 28.6 Å². The number of hydrogen-bond acceptors (Lipinski definition) is 4. The number of anilines is 1. The number of benzene rings is 2. The van der Waals surface area contributed by atoms with Crippen molar-refractivity contribution in [1.29, 1.82) is 0 Å². The van der Waals surface area contributed by atoms with Gasteiger partial charge < -0.3 is 15.2 Å². The lowest BCUT2D eigenvalue weighted by molar-refractivity contribution is -0.126. The summed E-state index contributed by atoms with van der Waals surface area (Å²) in [5, 5.41) is 10.7. The van der Waals surface area contributed by atoms with Crippen molar-refractivity contribution in [2.24, 2.45) is 13.0 Å². The van der Waals surface area contributed by atoms with Crippen molar-refractivity contribution in [2.75, 3.05) is 5.32 Å². The van der Waals surface area contributed by atoms with Gasteiger partial charge in [-0.25, -0.2) is 0 Å². The number of amides is 2. The molecule has 0 fully saturated rings. The van der Waals surface area contributed by atoms with Gasteiger partial charge in [-0.2, -0.15) is 5.10 Å². The molecular weight excluding hydrogens is 562 g/mol. The molecule has 4 aromatic rings. The molecule has 226 valence electrons. The van der Waals surface area contributed by atoms with Crippen molar-refractivity contribution >= 4 is 29.1 Å². The highest BCUT2D eigenvalue weighted by Gasteiger charge is 2.23. The maximum Gasteiger partial charge on any atom is 0.250 e. The summed E-state index contributed by atoms with van der Waals surface area (Å²) >= 11 is 6.62. The van der Waals surface area contributed by atoms with Crippen molar-refractivity contribution in [1.82, 2.24) is 19.7 Å². The Morgan fingerprint density at radius 2 is 1.63 bits per heavy atom. The van der Waals surface area contributed by atoms with Crippen LogP contribution in [0.4, 0.5) is 5.69 Å². The van der Waals surface area contributed by atoms with E-state index >= 15 is 0 Å². The van der Waals surface area contributed by atoms with Crippen molar-refractivity contribution in [3.63, 3.8) is 0 Å². The van der Waals surface area contributed by atoms with Gasteiger partial charge in [-0.1, -0.05) is 43.6 Å². The topological polar surface area (TPSA) is 98.0 Å². The fourth-order valence-corrected chi connectivity index (χ4v) is 5.20. The van der Waals surface area contributed by atoms with Gasteiger partial charge in [-0.3, -0.25) is 19.1 Å². The molecule has 43 heavy (non-hydrogen) atoms. The maximum absolute atomic E-state index is 13.6. The zero-order chi connectivity index (χ0) is 31.3. The highest BCUT2D eigenvalue weighted by molar-refractivity contribution is 6.31. The van der Waals surface area contributed by atoms with Crippen molar-refractivity contribution in [2.45, 2.75) is 66.0 Å². The minimum Gasteiger partial charge on any atom is -0.344 e. The number of pyridine rings is 1. The SMILES string of the molecule is Cc1cnn(C)c1-c1ccc(NC(=O)[C@H](Cc2cc(-c3ccc(=O)n(C(C)C)c3)ccc2Cl)NC(=O)CCC(C)C)cc1. The largest absolute Gasteiger partial charge is 0.344 e. The second-order valence-electron chi connectivity index (χ2n) is 11.7. The molecule has 0 saturated heterocycles. The Bertz CT molecular complexity index is 1630. The minimum atomic E-state index is -0.851. The van der Waals surface area contributed by atoms with Gasteiger partial charge in [-0.15, -0.1) is 0 Å². The van der Waals surface area contributed by atoms with Crippen LogP contribution in [0.15, 0.2) is 71.8 Å². The monoisotopic (exact) mass is 601 g/mol. The normalized spacial score (nSPS) is 12.0. The lowest BCUT2D eigenvalue weighted by Crippen LogP contribution is -2.45. The summed E-state index contributed by atoms with van der Waals surface area (Å²) in [6.07, 6.45) is 4.89. The second kappa shape index (κ2) is 13.9. The summed E-state index contributed by atoms with van der Waals surface area (Å²) in [6, 6.07) is 15.6. The molecule has 0 aliphatic carbocycles. The molecule has 0 radical (unpaired) electrons. The van der Waals surface area contributed by atoms with Crippen LogP contribution in [0.25, 0.3) is 22.4 Å². The lowest BCUT2D eigenvalue weighted by atomic mass is 9.99. The summed E-state index contributed by atoms with van der Waals surface area (Å²) in [5.74, 6) is -0.163. The first-order valence-corrected chi connectivity index (χ1v) is 15.0. The van der Waals surface area contributed by atoms with E-state index in [-0.39, 0.29) is 29.8 Å². The predicted molar refractivity (Wildman–Crippen MR) is 173 cm³/mol. The molecule has 0 unspecified atom stereocenters. The van der Waals surface area contributed by atoms with E-state index in [1.165, 1.54) is 0 Å². The Labute approximate surface area is 258 Å². The molecule has 1 atom stereocenters. The molecule has 0 aliphatic heterocycles. The quantitative estimate of drug-likeness (QED) is 0.203. The van der Waals surface area contributed by atoms with Crippen molar-refractivity contribution in [3.8, 4) is 22.4 Å². The van der Waals surface area contributed by atoms with Crippen molar-refractivity contribution < 1.29 is 9.59 Å². The summed E-state index contributed by atoms with van der Waals surface area (Å²) in [6.45, 7) is 10.0. The van der Waals surface area contributed by atoms with Gasteiger partial charge in [0.15, 0.2) is 0 Å². The van der Waals surface area contributed by atoms with Crippen LogP contribution >= 0.6 is 11.6 Å². The first kappa shape index (κ1) is 31.8. The molecule has 2 amide bonds. The predicted octanol–water partition coefficient (Wildman–Crippen LogP) is 6.56. The smallest absolute Gasteiger partial charge is 0.250 e. The molecule has 0 saturated carbocycles. The molecule has 2 aromatic carbocycles. The first-order chi connectivity index (χ1) is 20.4. The van der Waals surface area contributed by atoms with Crippen molar-refractivity contribution in [3.05, 3.63) is 93.5 Å². The van der Waals surface area contributed by atoms with Crippen LogP contribution in [0.2, 0.25) is 5.02 Å². The van der Waals surface area contributed by atoms with Gasteiger partial charge >= 0.3 is 0 Å². The van der Waals surface area contributed by atoms with E-state index < -0.39 is 6.04 Å². The lowest BCUT2D eigenvalue weighted by Gasteiger charge is -2.20. The summed E-state index contributed by atoms with van der Waals surface area (Å²) in [5.41, 5.74) is 6.03. The van der Waals surface area contributed by atoms with Gasteiger partial charge in [0, 0.05) is 54.5 Å². The third kappa shape index (κ3) is 8.02. The Kier molecular flexibility index (Phi) is 10.2. The molecule has 8 nitrogen and oxygen atoms in total. The zero-order valence-corrected chi connectivity index (χ0v) is 26.4. The van der Waals surface area contributed by atoms with E-state index in [1.54, 1.807) is 22.8 Å². The third-order valence-electron chi connectivity index (χ3n) is 7.45. The molecule has 2 N–H and O–H groups in total. The van der Waals surface area contributed by atoms with Gasteiger partial charge in [0.1, 0.15) is 6.04 Å². The fraction of sp³-hybridized carbons (Fsp3) is 0.353. The molecule has 9 heteroatoms. The highest BCUT2D eigenvalue weighted by atomic mass is 35.5. The molecule has 4 rings (SSSR count). The molecule has 0 bridgehead atoms. The van der Waals surface area contributed by atoms with Crippen LogP contribution in [-0.2, 0) is 23.1 Å². The number of aromatic nitrogens is 3. The molecule has 0 aliphatic rings. The van der Waals surface area contributed by atoms with E-state index in [0.717, 1.165) is 34.4 Å². The highest BCUT2D eigenvalue weighted by Crippen LogP contribution is 2.27. The number of carbonyl (C=O) groups excluding carboxylic acids is 2. The first-order valence-electron chi connectivity index (χ1n) is 14.6. The zero-order valence-electron chi connectivity index (χ0n) is 25.6. The number of hydrogen-bond donors (Lipinski definition) is 2. The average molecular weight is 602 g/mol. The number of rotatable bonds is 11. The fourth-order valence-electron chi connectivity index (χ4n) is 5.01. The third-order valence-corrected chi connectivity index (χ3v) is 7.81. The summed E-state index contributed by atoms with van der Waals surface area (Å²) in [4.78, 5) is 38.8. The minimum absolute atomic E-state index is 0.00979. The van der Waals surface area contributed by atoms with E-state index in [1.807, 2.05) is 81.3 Å². The van der Waals surface area contributed by atoms with E-state index in [4.69, 9.17) is 11.6 Å². The standard InChI is InChI=1S/C34H40ClN5O3/c1-21(2)7-15-31(41)38-30(34(43)37-28-12-8-24(9-13-28)33-23(5)19-36-39(33)6)18-27-17-25(10-14-29(27)35)26-11-16-32(42)40(20-26)22(3)4/h8-14,16-17,19-22,30H,7,15,18H2,1-6H3,(H,37,43)(H,38,41)/t30-/m0/s1. The van der Waals surface area contributed by atoms with Gasteiger partial charge in [0.25, 0.3) is 5.56 Å². The van der Waals surface area contributed by atoms with Crippen LogP contribution in [0.3, 0.4) is 0 Å². The van der Waals surface area contributed by atoms with E-state index in [2.05, 4.69) is 29.6 Å². The Hall–Kier alpha value is -4.17. The Morgan fingerprint density at radius 1 is 0.953 bits per heavy atom. The Morgan fingerprint density at radius 3 is 2.26 bits per heavy atom. The second-order valence-corrected chi connectivity index (χ2v) is 12.1. The van der Waals surface area contributed by atoms with Gasteiger partial charge in [0.05, 0.1) is 11.9 Å². The maximum atomic E-state index is 13.6. The Balaban J connectivity index is 1.59. The summed E-state index contributed by atoms with van der Waals surface area (Å²) in [7, 11) is 1.89. The summed E-state index contributed by atoms with van der Waals surface area (Å²) < 4.78 is 3.50. The van der Waals surface area contributed by atoms with Crippen LogP contribution in [-0.4, -0.2) is 32.2 Å². The number of halogens is 1. The number of nitrogens with zero attached hydrogens (tertiary/aromatic N) is 3. The number of carbonyl (C=O) groups is 2. The number of aryl methyl sites for hydroxylation is 2. The average Bonchev–Trinajstić information content (AvgIpc) is 3.30. The van der Waals surface area contributed by atoms with Crippen LogP contribution < -0.4 is 16.2 Å². The van der Waals surface area contributed by atoms with Crippen LogP contribution in [0.1, 0.15) is 57.7 Å². The molecule has 0 spiro atoms. The van der Waals surface area contributed by atoms with Crippen LogP contribution in [0, 0.1) is 12.8 Å². The van der Waals surface area contributed by atoms with Gasteiger partial charge in [-0.05, 0) is 85.7 Å². The molecule has 2 aromatic heterocycles. The van der Waals surface area contributed by atoms with Gasteiger partial charge in [0.2, 0.25) is 11.8 Å². The molecule has 2 heterocycles.